The number of nitrogen functional groups attached to an aromatic ring is 1. The van der Waals surface area contributed by atoms with Gasteiger partial charge in [-0.1, -0.05) is 12.1 Å². The Labute approximate surface area is 87.7 Å². The molecule has 2 aromatic rings. The maximum absolute atomic E-state index is 9.37. The van der Waals surface area contributed by atoms with E-state index < -0.39 is 0 Å². The minimum Gasteiger partial charge on any atom is -0.506 e. The molecule has 0 bridgehead atoms. The number of ether oxygens (including phenoxy) is 1. The summed E-state index contributed by atoms with van der Waals surface area (Å²) in [7, 11) is 0. The van der Waals surface area contributed by atoms with E-state index in [0.29, 0.717) is 17.2 Å². The maximum Gasteiger partial charge on any atom is 0.142 e. The molecule has 0 heterocycles. The smallest absolute Gasteiger partial charge is 0.142 e. The van der Waals surface area contributed by atoms with Gasteiger partial charge in [-0.2, -0.15) is 0 Å². The van der Waals surface area contributed by atoms with E-state index in [1.165, 1.54) is 6.07 Å². The molecule has 0 aromatic heterocycles. The lowest BCUT2D eigenvalue weighted by atomic mass is 10.3. The van der Waals surface area contributed by atoms with E-state index in [-0.39, 0.29) is 5.75 Å². The van der Waals surface area contributed by atoms with Gasteiger partial charge in [-0.15, -0.1) is 0 Å². The summed E-state index contributed by atoms with van der Waals surface area (Å²) >= 11 is 0. The molecular weight excluding hydrogens is 190 g/mol. The van der Waals surface area contributed by atoms with Gasteiger partial charge in [0.05, 0.1) is 5.69 Å². The Morgan fingerprint density at radius 1 is 1.07 bits per heavy atom. The predicted octanol–water partition coefficient (Wildman–Crippen LogP) is 2.57. The Balaban J connectivity index is 2.22. The molecule has 3 heteroatoms. The Kier molecular flexibility index (Phi) is 2.46. The molecule has 15 heavy (non-hydrogen) atoms. The van der Waals surface area contributed by atoms with Crippen LogP contribution in [0.1, 0.15) is 0 Å². The second kappa shape index (κ2) is 3.92. The maximum atomic E-state index is 9.37. The van der Waals surface area contributed by atoms with Gasteiger partial charge in [0.1, 0.15) is 17.2 Å². The van der Waals surface area contributed by atoms with Gasteiger partial charge in [-0.25, -0.2) is 0 Å². The van der Waals surface area contributed by atoms with Crippen LogP contribution in [-0.2, 0) is 0 Å². The van der Waals surface area contributed by atoms with E-state index in [1.807, 2.05) is 0 Å². The number of phenolic OH excluding ortho intramolecular Hbond substituents is 1. The van der Waals surface area contributed by atoms with Gasteiger partial charge < -0.3 is 15.6 Å². The van der Waals surface area contributed by atoms with Crippen LogP contribution in [0.15, 0.2) is 42.5 Å². The number of hydrogen-bond acceptors (Lipinski definition) is 3. The third-order valence-electron chi connectivity index (χ3n) is 1.93. The van der Waals surface area contributed by atoms with Gasteiger partial charge >= 0.3 is 0 Å². The number of phenols is 1. The highest BCUT2D eigenvalue weighted by Crippen LogP contribution is 2.28. The summed E-state index contributed by atoms with van der Waals surface area (Å²) in [5.41, 5.74) is 5.81. The fourth-order valence-electron chi connectivity index (χ4n) is 1.16. The molecule has 0 fully saturated rings. The highest BCUT2D eigenvalue weighted by Gasteiger charge is 2.00. The third kappa shape index (κ3) is 2.20. The van der Waals surface area contributed by atoms with Crippen LogP contribution in [0.4, 0.5) is 5.69 Å². The van der Waals surface area contributed by atoms with Crippen molar-refractivity contribution in [2.45, 2.75) is 0 Å². The van der Waals surface area contributed by atoms with Crippen LogP contribution in [-0.4, -0.2) is 5.11 Å². The lowest BCUT2D eigenvalue weighted by molar-refractivity contribution is 0.457. The summed E-state index contributed by atoms with van der Waals surface area (Å²) in [4.78, 5) is 0. The molecule has 0 aliphatic heterocycles. The Bertz CT molecular complexity index is 454. The van der Waals surface area contributed by atoms with E-state index in [4.69, 9.17) is 10.5 Å². The average Bonchev–Trinajstić information content (AvgIpc) is 2.25. The van der Waals surface area contributed by atoms with Crippen molar-refractivity contribution in [3.63, 3.8) is 0 Å². The molecule has 1 radical (unpaired) electrons. The SMILES string of the molecule is Nc1ccc(Oc2cc[c]cc2)cc1O. The van der Waals surface area contributed by atoms with Gasteiger partial charge in [-0.3, -0.25) is 0 Å². The molecule has 0 aliphatic rings. The van der Waals surface area contributed by atoms with Gasteiger partial charge in [0.2, 0.25) is 0 Å². The number of hydrogen-bond donors (Lipinski definition) is 2. The van der Waals surface area contributed by atoms with E-state index in [9.17, 15) is 5.11 Å². The Morgan fingerprint density at radius 2 is 1.80 bits per heavy atom. The zero-order valence-corrected chi connectivity index (χ0v) is 7.97. The molecule has 0 aliphatic carbocycles. The first-order valence-electron chi connectivity index (χ1n) is 4.48. The normalized spacial score (nSPS) is 9.87. The number of anilines is 1. The largest absolute Gasteiger partial charge is 0.506 e. The quantitative estimate of drug-likeness (QED) is 0.578. The molecule has 2 rings (SSSR count). The van der Waals surface area contributed by atoms with Crippen LogP contribution in [0.2, 0.25) is 0 Å². The molecule has 2 aromatic carbocycles. The van der Waals surface area contributed by atoms with Crippen molar-refractivity contribution in [2.75, 3.05) is 5.73 Å². The van der Waals surface area contributed by atoms with Crippen molar-refractivity contribution in [3.05, 3.63) is 48.5 Å². The predicted molar refractivity (Wildman–Crippen MR) is 57.9 cm³/mol. The summed E-state index contributed by atoms with van der Waals surface area (Å²) < 4.78 is 5.48. The summed E-state index contributed by atoms with van der Waals surface area (Å²) in [5, 5.41) is 9.37. The highest BCUT2D eigenvalue weighted by molar-refractivity contribution is 5.55. The Hall–Kier alpha value is -2.16. The monoisotopic (exact) mass is 200 g/mol. The van der Waals surface area contributed by atoms with Crippen molar-refractivity contribution < 1.29 is 9.84 Å². The number of aromatic hydroxyl groups is 1. The molecule has 75 valence electrons. The first kappa shape index (κ1) is 9.40. The van der Waals surface area contributed by atoms with Crippen molar-refractivity contribution in [2.24, 2.45) is 0 Å². The standard InChI is InChI=1S/C12H10NO2/c13-11-7-6-10(8-12(11)14)15-9-4-2-1-3-5-9/h2-8,14H,13H2. The minimum absolute atomic E-state index is 0.0231. The van der Waals surface area contributed by atoms with Crippen LogP contribution in [0.25, 0.3) is 0 Å². The second-order valence-electron chi connectivity index (χ2n) is 3.06. The van der Waals surface area contributed by atoms with E-state index in [2.05, 4.69) is 6.07 Å². The number of rotatable bonds is 2. The molecule has 0 spiro atoms. The van der Waals surface area contributed by atoms with Crippen LogP contribution in [0, 0.1) is 6.07 Å². The first-order chi connectivity index (χ1) is 7.25. The van der Waals surface area contributed by atoms with Crippen LogP contribution >= 0.6 is 0 Å². The lowest BCUT2D eigenvalue weighted by Crippen LogP contribution is -1.87. The number of nitrogens with two attached hydrogens (primary N) is 1. The second-order valence-corrected chi connectivity index (χ2v) is 3.06. The highest BCUT2D eigenvalue weighted by atomic mass is 16.5. The van der Waals surface area contributed by atoms with Gasteiger partial charge in [0.15, 0.2) is 0 Å². The van der Waals surface area contributed by atoms with E-state index in [0.717, 1.165) is 0 Å². The molecule has 3 nitrogen and oxygen atoms in total. The first-order valence-corrected chi connectivity index (χ1v) is 4.48. The van der Waals surface area contributed by atoms with Gasteiger partial charge in [0.25, 0.3) is 0 Å². The lowest BCUT2D eigenvalue weighted by Gasteiger charge is -2.06. The fraction of sp³-hybridized carbons (Fsp3) is 0. The molecular formula is C12H10NO2. The van der Waals surface area contributed by atoms with E-state index in [1.54, 1.807) is 36.4 Å². The molecule has 0 atom stereocenters. The van der Waals surface area contributed by atoms with Crippen molar-refractivity contribution in [1.29, 1.82) is 0 Å². The molecule has 3 N–H and O–H groups in total. The van der Waals surface area contributed by atoms with E-state index >= 15 is 0 Å². The summed E-state index contributed by atoms with van der Waals surface area (Å²) in [5.74, 6) is 1.26. The Morgan fingerprint density at radius 3 is 2.47 bits per heavy atom. The zero-order chi connectivity index (χ0) is 10.7. The summed E-state index contributed by atoms with van der Waals surface area (Å²) in [6.07, 6.45) is 0. The summed E-state index contributed by atoms with van der Waals surface area (Å²) in [6.45, 7) is 0. The fourth-order valence-corrected chi connectivity index (χ4v) is 1.16. The van der Waals surface area contributed by atoms with Crippen LogP contribution in [0.3, 0.4) is 0 Å². The number of benzene rings is 2. The topological polar surface area (TPSA) is 55.5 Å². The summed E-state index contributed by atoms with van der Waals surface area (Å²) in [6, 6.07) is 14.7. The van der Waals surface area contributed by atoms with Crippen LogP contribution < -0.4 is 10.5 Å². The average molecular weight is 200 g/mol. The third-order valence-corrected chi connectivity index (χ3v) is 1.93. The van der Waals surface area contributed by atoms with Gasteiger partial charge in [-0.05, 0) is 30.3 Å². The van der Waals surface area contributed by atoms with Gasteiger partial charge in [0, 0.05) is 6.07 Å². The van der Waals surface area contributed by atoms with Crippen molar-refractivity contribution in [3.8, 4) is 17.2 Å². The zero-order valence-electron chi connectivity index (χ0n) is 7.97. The minimum atomic E-state index is 0.0231. The van der Waals surface area contributed by atoms with Crippen molar-refractivity contribution in [1.82, 2.24) is 0 Å². The molecule has 0 saturated heterocycles. The van der Waals surface area contributed by atoms with Crippen LogP contribution in [0.5, 0.6) is 17.2 Å². The molecule has 0 amide bonds. The van der Waals surface area contributed by atoms with Crippen molar-refractivity contribution >= 4 is 5.69 Å². The molecule has 0 unspecified atom stereocenters. The molecule has 0 saturated carbocycles.